The highest BCUT2D eigenvalue weighted by Crippen LogP contribution is 2.20. The molecule has 4 nitrogen and oxygen atoms in total. The minimum absolute atomic E-state index is 0.0571. The SMILES string of the molecule is CC1CC(C)CN(CCN2CC(N)CC2=O)C1. The fraction of sp³-hybridized carbons (Fsp3) is 0.923. The molecule has 0 saturated carbocycles. The molecule has 0 radical (unpaired) electrons. The van der Waals surface area contributed by atoms with Crippen LogP contribution in [0.2, 0.25) is 0 Å². The van der Waals surface area contributed by atoms with E-state index in [9.17, 15) is 4.79 Å². The molecule has 0 bridgehead atoms. The summed E-state index contributed by atoms with van der Waals surface area (Å²) >= 11 is 0. The molecule has 0 aromatic heterocycles. The summed E-state index contributed by atoms with van der Waals surface area (Å²) in [7, 11) is 0. The molecule has 17 heavy (non-hydrogen) atoms. The Morgan fingerprint density at radius 3 is 2.35 bits per heavy atom. The number of piperidine rings is 1. The second kappa shape index (κ2) is 5.36. The van der Waals surface area contributed by atoms with Gasteiger partial charge in [0.05, 0.1) is 0 Å². The third kappa shape index (κ3) is 3.42. The molecule has 3 atom stereocenters. The highest BCUT2D eigenvalue weighted by atomic mass is 16.2. The van der Waals surface area contributed by atoms with Crippen LogP contribution >= 0.6 is 0 Å². The van der Waals surface area contributed by atoms with Crippen molar-refractivity contribution in [3.63, 3.8) is 0 Å². The molecular weight excluding hydrogens is 214 g/mol. The van der Waals surface area contributed by atoms with E-state index in [1.807, 2.05) is 4.90 Å². The summed E-state index contributed by atoms with van der Waals surface area (Å²) in [4.78, 5) is 16.0. The van der Waals surface area contributed by atoms with E-state index in [4.69, 9.17) is 5.73 Å². The Labute approximate surface area is 104 Å². The first-order chi connectivity index (χ1) is 8.04. The summed E-state index contributed by atoms with van der Waals surface area (Å²) in [5.74, 6) is 1.81. The molecule has 2 fully saturated rings. The molecule has 0 aromatic carbocycles. The zero-order valence-corrected chi connectivity index (χ0v) is 11.1. The molecule has 3 unspecified atom stereocenters. The third-order valence-corrected chi connectivity index (χ3v) is 3.88. The molecule has 98 valence electrons. The number of carbonyl (C=O) groups is 1. The molecule has 2 heterocycles. The first kappa shape index (κ1) is 12.8. The molecule has 2 saturated heterocycles. The van der Waals surface area contributed by atoms with Gasteiger partial charge in [-0.1, -0.05) is 13.8 Å². The highest BCUT2D eigenvalue weighted by Gasteiger charge is 2.28. The normalized spacial score (nSPS) is 35.6. The van der Waals surface area contributed by atoms with E-state index in [-0.39, 0.29) is 11.9 Å². The van der Waals surface area contributed by atoms with E-state index in [0.29, 0.717) is 6.42 Å². The number of carbonyl (C=O) groups excluding carboxylic acids is 1. The van der Waals surface area contributed by atoms with Crippen LogP contribution in [0.3, 0.4) is 0 Å². The maximum Gasteiger partial charge on any atom is 0.224 e. The van der Waals surface area contributed by atoms with E-state index in [0.717, 1.165) is 31.5 Å². The highest BCUT2D eigenvalue weighted by molar-refractivity contribution is 5.79. The van der Waals surface area contributed by atoms with E-state index in [2.05, 4.69) is 18.7 Å². The first-order valence-electron chi connectivity index (χ1n) is 6.80. The van der Waals surface area contributed by atoms with E-state index in [1.165, 1.54) is 19.5 Å². The van der Waals surface area contributed by atoms with Crippen LogP contribution in [-0.2, 0) is 4.79 Å². The van der Waals surface area contributed by atoms with Crippen molar-refractivity contribution in [2.75, 3.05) is 32.7 Å². The standard InChI is InChI=1S/C13H25N3O/c1-10-5-11(2)8-15(7-10)3-4-16-9-12(14)6-13(16)17/h10-12H,3-9,14H2,1-2H3. The Morgan fingerprint density at radius 2 is 1.82 bits per heavy atom. The fourth-order valence-corrected chi connectivity index (χ4v) is 3.26. The summed E-state index contributed by atoms with van der Waals surface area (Å²) in [5, 5.41) is 0. The van der Waals surface area contributed by atoms with Gasteiger partial charge in [-0.25, -0.2) is 0 Å². The zero-order chi connectivity index (χ0) is 12.4. The summed E-state index contributed by atoms with van der Waals surface area (Å²) in [6.07, 6.45) is 1.87. The van der Waals surface area contributed by atoms with Crippen LogP contribution in [0.5, 0.6) is 0 Å². The van der Waals surface area contributed by atoms with Crippen molar-refractivity contribution in [2.24, 2.45) is 17.6 Å². The number of likely N-dealkylation sites (tertiary alicyclic amines) is 2. The Kier molecular flexibility index (Phi) is 4.05. The molecule has 2 aliphatic heterocycles. The van der Waals surface area contributed by atoms with E-state index >= 15 is 0 Å². The second-order valence-electron chi connectivity index (χ2n) is 6.01. The second-order valence-corrected chi connectivity index (χ2v) is 6.01. The van der Waals surface area contributed by atoms with Gasteiger partial charge in [-0.3, -0.25) is 4.79 Å². The van der Waals surface area contributed by atoms with Gasteiger partial charge in [-0.05, 0) is 18.3 Å². The topological polar surface area (TPSA) is 49.6 Å². The van der Waals surface area contributed by atoms with Gasteiger partial charge < -0.3 is 15.5 Å². The molecule has 1 amide bonds. The summed E-state index contributed by atoms with van der Waals surface area (Å²) in [5.41, 5.74) is 5.79. The predicted molar refractivity (Wildman–Crippen MR) is 68.6 cm³/mol. The van der Waals surface area contributed by atoms with Crippen molar-refractivity contribution < 1.29 is 4.79 Å². The Balaban J connectivity index is 1.76. The van der Waals surface area contributed by atoms with Crippen LogP contribution in [0.25, 0.3) is 0 Å². The Morgan fingerprint density at radius 1 is 1.18 bits per heavy atom. The van der Waals surface area contributed by atoms with Crippen LogP contribution in [0.4, 0.5) is 0 Å². The molecule has 2 aliphatic rings. The molecule has 0 aliphatic carbocycles. The fourth-order valence-electron chi connectivity index (χ4n) is 3.26. The minimum Gasteiger partial charge on any atom is -0.340 e. The van der Waals surface area contributed by atoms with Crippen molar-refractivity contribution >= 4 is 5.91 Å². The van der Waals surface area contributed by atoms with Gasteiger partial charge >= 0.3 is 0 Å². The smallest absolute Gasteiger partial charge is 0.224 e. The lowest BCUT2D eigenvalue weighted by Gasteiger charge is -2.35. The number of hydrogen-bond acceptors (Lipinski definition) is 3. The quantitative estimate of drug-likeness (QED) is 0.781. The van der Waals surface area contributed by atoms with Gasteiger partial charge in [0.15, 0.2) is 0 Å². The lowest BCUT2D eigenvalue weighted by molar-refractivity contribution is -0.127. The van der Waals surface area contributed by atoms with Crippen LogP contribution < -0.4 is 5.73 Å². The van der Waals surface area contributed by atoms with Crippen LogP contribution in [0.1, 0.15) is 26.7 Å². The van der Waals surface area contributed by atoms with Gasteiger partial charge in [0.2, 0.25) is 5.91 Å². The number of rotatable bonds is 3. The third-order valence-electron chi connectivity index (χ3n) is 3.88. The number of nitrogens with zero attached hydrogens (tertiary/aromatic N) is 2. The Hall–Kier alpha value is -0.610. The van der Waals surface area contributed by atoms with E-state index in [1.54, 1.807) is 0 Å². The maximum atomic E-state index is 11.6. The van der Waals surface area contributed by atoms with Crippen LogP contribution in [0.15, 0.2) is 0 Å². The van der Waals surface area contributed by atoms with Crippen molar-refractivity contribution in [3.05, 3.63) is 0 Å². The van der Waals surface area contributed by atoms with Gasteiger partial charge in [0, 0.05) is 45.2 Å². The molecule has 0 spiro atoms. The summed E-state index contributed by atoms with van der Waals surface area (Å²) in [6.45, 7) is 9.60. The van der Waals surface area contributed by atoms with Gasteiger partial charge in [-0.2, -0.15) is 0 Å². The average molecular weight is 239 g/mol. The zero-order valence-electron chi connectivity index (χ0n) is 11.1. The predicted octanol–water partition coefficient (Wildman–Crippen LogP) is 0.524. The van der Waals surface area contributed by atoms with Crippen molar-refractivity contribution in [2.45, 2.75) is 32.7 Å². The van der Waals surface area contributed by atoms with Crippen molar-refractivity contribution in [1.82, 2.24) is 9.80 Å². The van der Waals surface area contributed by atoms with E-state index < -0.39 is 0 Å². The lowest BCUT2D eigenvalue weighted by atomic mass is 9.92. The Bertz CT molecular complexity index is 272. The molecular formula is C13H25N3O. The van der Waals surface area contributed by atoms with Gasteiger partial charge in [0.1, 0.15) is 0 Å². The first-order valence-corrected chi connectivity index (χ1v) is 6.80. The van der Waals surface area contributed by atoms with Crippen LogP contribution in [0, 0.1) is 11.8 Å². The average Bonchev–Trinajstić information content (AvgIpc) is 2.53. The maximum absolute atomic E-state index is 11.6. The largest absolute Gasteiger partial charge is 0.340 e. The lowest BCUT2D eigenvalue weighted by Crippen LogP contribution is -2.43. The van der Waals surface area contributed by atoms with Gasteiger partial charge in [0.25, 0.3) is 0 Å². The number of amides is 1. The summed E-state index contributed by atoms with van der Waals surface area (Å²) in [6, 6.07) is 0.0571. The monoisotopic (exact) mass is 239 g/mol. The minimum atomic E-state index is 0.0571. The summed E-state index contributed by atoms with van der Waals surface area (Å²) < 4.78 is 0. The number of hydrogen-bond donors (Lipinski definition) is 1. The molecule has 2 rings (SSSR count). The van der Waals surface area contributed by atoms with Crippen molar-refractivity contribution in [3.8, 4) is 0 Å². The van der Waals surface area contributed by atoms with Gasteiger partial charge in [-0.15, -0.1) is 0 Å². The molecule has 0 aromatic rings. The van der Waals surface area contributed by atoms with Crippen LogP contribution in [-0.4, -0.2) is 54.5 Å². The van der Waals surface area contributed by atoms with Crippen molar-refractivity contribution in [1.29, 1.82) is 0 Å². The number of nitrogens with two attached hydrogens (primary N) is 1. The molecule has 4 heteroatoms. The molecule has 2 N–H and O–H groups in total.